The number of carbonyl (C=O) groups excluding carboxylic acids is 1. The summed E-state index contributed by atoms with van der Waals surface area (Å²) in [5.74, 6) is -0.148. The largest absolute Gasteiger partial charge is 0.274 e. The van der Waals surface area contributed by atoms with Gasteiger partial charge in [-0.1, -0.05) is 58.3 Å². The van der Waals surface area contributed by atoms with Gasteiger partial charge < -0.3 is 0 Å². The van der Waals surface area contributed by atoms with Crippen LogP contribution in [0.5, 0.6) is 0 Å². The minimum absolute atomic E-state index is 0. The zero-order valence-corrected chi connectivity index (χ0v) is 12.5. The second-order valence-corrected chi connectivity index (χ2v) is 4.24. The standard InChI is InChI=1S/C13H24N2O.Mg/c1-2-3-4-5-6-7-8-9-10-11-13(16)15-12-14;/h2-11H2,1H3,(H,15,16);. The van der Waals surface area contributed by atoms with E-state index in [1.54, 1.807) is 6.19 Å². The Labute approximate surface area is 121 Å². The Morgan fingerprint density at radius 2 is 1.47 bits per heavy atom. The summed E-state index contributed by atoms with van der Waals surface area (Å²) >= 11 is 0. The van der Waals surface area contributed by atoms with Crippen LogP contribution in [0, 0.1) is 11.5 Å². The van der Waals surface area contributed by atoms with Gasteiger partial charge in [-0.25, -0.2) is 0 Å². The summed E-state index contributed by atoms with van der Waals surface area (Å²) in [5, 5.41) is 10.3. The normalized spacial score (nSPS) is 9.18. The quantitative estimate of drug-likeness (QED) is 0.279. The lowest BCUT2D eigenvalue weighted by molar-refractivity contribution is -0.120. The molecule has 0 rings (SSSR count). The van der Waals surface area contributed by atoms with Crippen molar-refractivity contribution >= 4 is 29.0 Å². The summed E-state index contributed by atoms with van der Waals surface area (Å²) in [6, 6.07) is 0. The molecule has 1 amide bonds. The predicted octanol–water partition coefficient (Wildman–Crippen LogP) is 3.12. The molecule has 2 radical (unpaired) electrons. The second-order valence-electron chi connectivity index (χ2n) is 4.24. The maximum Gasteiger partial charge on any atom is 0.232 e. The summed E-state index contributed by atoms with van der Waals surface area (Å²) in [6.45, 7) is 2.23. The Kier molecular flexibility index (Phi) is 17.6. The van der Waals surface area contributed by atoms with Crippen LogP contribution >= 0.6 is 0 Å². The van der Waals surface area contributed by atoms with E-state index in [0.717, 1.165) is 12.8 Å². The molecule has 3 nitrogen and oxygen atoms in total. The van der Waals surface area contributed by atoms with Gasteiger partial charge in [0.25, 0.3) is 0 Å². The first-order valence-corrected chi connectivity index (χ1v) is 6.49. The molecule has 0 spiro atoms. The summed E-state index contributed by atoms with van der Waals surface area (Å²) in [5.41, 5.74) is 0. The molecule has 4 heteroatoms. The van der Waals surface area contributed by atoms with Crippen molar-refractivity contribution in [1.29, 1.82) is 5.26 Å². The molecule has 0 aliphatic rings. The Morgan fingerprint density at radius 1 is 1.00 bits per heavy atom. The van der Waals surface area contributed by atoms with Gasteiger partial charge in [0.15, 0.2) is 6.19 Å². The van der Waals surface area contributed by atoms with Crippen molar-refractivity contribution in [3.63, 3.8) is 0 Å². The average Bonchev–Trinajstić information content (AvgIpc) is 2.27. The second kappa shape index (κ2) is 15.7. The van der Waals surface area contributed by atoms with Crippen molar-refractivity contribution in [3.8, 4) is 6.19 Å². The number of hydrogen-bond donors (Lipinski definition) is 1. The maximum atomic E-state index is 10.9. The van der Waals surface area contributed by atoms with E-state index < -0.39 is 0 Å². The van der Waals surface area contributed by atoms with Gasteiger partial charge in [-0.15, -0.1) is 0 Å². The number of nitriles is 1. The van der Waals surface area contributed by atoms with Crippen molar-refractivity contribution in [3.05, 3.63) is 0 Å². The molecule has 0 fully saturated rings. The molecule has 0 atom stereocenters. The van der Waals surface area contributed by atoms with Crippen LogP contribution in [-0.4, -0.2) is 29.0 Å². The molecule has 0 saturated carbocycles. The summed E-state index contributed by atoms with van der Waals surface area (Å²) in [7, 11) is 0. The van der Waals surface area contributed by atoms with Crippen LogP contribution in [-0.2, 0) is 4.79 Å². The first-order chi connectivity index (χ1) is 7.81. The zero-order valence-electron chi connectivity index (χ0n) is 11.1. The van der Waals surface area contributed by atoms with E-state index in [0.29, 0.717) is 6.42 Å². The smallest absolute Gasteiger partial charge is 0.232 e. The van der Waals surface area contributed by atoms with Crippen molar-refractivity contribution in [2.45, 2.75) is 71.1 Å². The molecule has 17 heavy (non-hydrogen) atoms. The zero-order chi connectivity index (χ0) is 12.1. The maximum absolute atomic E-state index is 10.9. The third-order valence-electron chi connectivity index (χ3n) is 2.70. The average molecular weight is 249 g/mol. The van der Waals surface area contributed by atoms with Gasteiger partial charge in [-0.05, 0) is 6.42 Å². The van der Waals surface area contributed by atoms with Crippen molar-refractivity contribution in [2.24, 2.45) is 0 Å². The van der Waals surface area contributed by atoms with Crippen molar-refractivity contribution < 1.29 is 4.79 Å². The molecule has 0 aromatic rings. The number of hydrogen-bond acceptors (Lipinski definition) is 2. The van der Waals surface area contributed by atoms with Crippen LogP contribution in [0.15, 0.2) is 0 Å². The molecule has 0 aliphatic carbocycles. The molecular weight excluding hydrogens is 224 g/mol. The van der Waals surface area contributed by atoms with Crippen LogP contribution in [0.3, 0.4) is 0 Å². The van der Waals surface area contributed by atoms with Crippen LogP contribution in [0.1, 0.15) is 71.1 Å². The first kappa shape index (κ1) is 19.1. The van der Waals surface area contributed by atoms with Crippen molar-refractivity contribution in [2.75, 3.05) is 0 Å². The third kappa shape index (κ3) is 15.7. The molecule has 0 aliphatic heterocycles. The molecule has 94 valence electrons. The summed E-state index contributed by atoms with van der Waals surface area (Å²) in [6.07, 6.45) is 13.3. The SMILES string of the molecule is CCCCCCCCCCCC(=O)NC#N.[Mg]. The fraction of sp³-hybridized carbons (Fsp3) is 0.846. The molecular formula is C13H24MgN2O. The fourth-order valence-electron chi connectivity index (χ4n) is 1.72. The number of nitrogens with zero attached hydrogens (tertiary/aromatic N) is 1. The van der Waals surface area contributed by atoms with Gasteiger partial charge in [0.1, 0.15) is 0 Å². The third-order valence-corrected chi connectivity index (χ3v) is 2.70. The van der Waals surface area contributed by atoms with E-state index in [1.807, 2.05) is 0 Å². The van der Waals surface area contributed by atoms with Gasteiger partial charge in [-0.3, -0.25) is 10.1 Å². The predicted molar refractivity (Wildman–Crippen MR) is 71.4 cm³/mol. The van der Waals surface area contributed by atoms with Gasteiger partial charge in [0, 0.05) is 29.5 Å². The highest BCUT2D eigenvalue weighted by Crippen LogP contribution is 2.10. The molecule has 0 bridgehead atoms. The first-order valence-electron chi connectivity index (χ1n) is 6.49. The topological polar surface area (TPSA) is 52.9 Å². The summed E-state index contributed by atoms with van der Waals surface area (Å²) < 4.78 is 0. The van der Waals surface area contributed by atoms with E-state index >= 15 is 0 Å². The van der Waals surface area contributed by atoms with E-state index in [9.17, 15) is 4.79 Å². The minimum Gasteiger partial charge on any atom is -0.274 e. The molecule has 1 N–H and O–H groups in total. The van der Waals surface area contributed by atoms with E-state index in [-0.39, 0.29) is 29.0 Å². The summed E-state index contributed by atoms with van der Waals surface area (Å²) in [4.78, 5) is 10.9. The van der Waals surface area contributed by atoms with Crippen LogP contribution < -0.4 is 5.32 Å². The molecule has 0 aromatic heterocycles. The van der Waals surface area contributed by atoms with Crippen molar-refractivity contribution in [1.82, 2.24) is 5.32 Å². The van der Waals surface area contributed by atoms with Gasteiger partial charge in [0.05, 0.1) is 0 Å². The van der Waals surface area contributed by atoms with Crippen LogP contribution in [0.2, 0.25) is 0 Å². The Balaban J connectivity index is 0. The lowest BCUT2D eigenvalue weighted by Crippen LogP contribution is -2.16. The van der Waals surface area contributed by atoms with E-state index in [4.69, 9.17) is 5.26 Å². The lowest BCUT2D eigenvalue weighted by Gasteiger charge is -2.01. The van der Waals surface area contributed by atoms with Gasteiger partial charge >= 0.3 is 0 Å². The minimum atomic E-state index is -0.148. The lowest BCUT2D eigenvalue weighted by atomic mass is 10.1. The molecule has 0 saturated heterocycles. The highest BCUT2D eigenvalue weighted by molar-refractivity contribution is 5.77. The van der Waals surface area contributed by atoms with Crippen LogP contribution in [0.25, 0.3) is 0 Å². The number of rotatable bonds is 10. The number of amides is 1. The molecule has 0 unspecified atom stereocenters. The molecule has 0 heterocycles. The number of carbonyl (C=O) groups is 1. The van der Waals surface area contributed by atoms with Gasteiger partial charge in [0.2, 0.25) is 5.91 Å². The van der Waals surface area contributed by atoms with E-state index in [1.165, 1.54) is 44.9 Å². The van der Waals surface area contributed by atoms with Gasteiger partial charge in [-0.2, -0.15) is 5.26 Å². The van der Waals surface area contributed by atoms with E-state index in [2.05, 4.69) is 12.2 Å². The monoisotopic (exact) mass is 248 g/mol. The molecule has 0 aromatic carbocycles. The highest BCUT2D eigenvalue weighted by Gasteiger charge is 1.98. The highest BCUT2D eigenvalue weighted by atomic mass is 24.3. The number of unbranched alkanes of at least 4 members (excludes halogenated alkanes) is 8. The Hall–Kier alpha value is -0.274. The fourth-order valence-corrected chi connectivity index (χ4v) is 1.72. The Morgan fingerprint density at radius 3 is 1.94 bits per heavy atom. The Bertz CT molecular complexity index is 214. The van der Waals surface area contributed by atoms with Crippen LogP contribution in [0.4, 0.5) is 0 Å². The number of nitrogens with one attached hydrogen (secondary N) is 1.